The molecule has 744 valence electrons. The summed E-state index contributed by atoms with van der Waals surface area (Å²) in [5.74, 6) is 2.12. The molecule has 0 unspecified atom stereocenters. The van der Waals surface area contributed by atoms with Gasteiger partial charge < -0.3 is 13.3 Å². The first-order valence-corrected chi connectivity index (χ1v) is 50.7. The predicted molar refractivity (Wildman–Crippen MR) is 571 cm³/mol. The third-order valence-corrected chi connectivity index (χ3v) is 30.3. The van der Waals surface area contributed by atoms with E-state index in [1.807, 2.05) is 81.4 Å². The van der Waals surface area contributed by atoms with E-state index >= 15 is 0 Å². The van der Waals surface area contributed by atoms with Crippen LogP contribution in [0.1, 0.15) is 282 Å². The fourth-order valence-corrected chi connectivity index (χ4v) is 20.2. The highest BCUT2D eigenvalue weighted by molar-refractivity contribution is 7.18. The molecule has 4 aromatic heterocycles. The summed E-state index contributed by atoms with van der Waals surface area (Å²) in [6.07, 6.45) is 14.7. The van der Waals surface area contributed by atoms with Crippen molar-refractivity contribution < 1.29 is 70.8 Å². The molecule has 0 amide bonds. The standard InChI is InChI=1S/2C21H23NO2.3C20H21NO3.C20H21NO2S/c1-12-7-5-10-19-18(12)11-16(22-19)8-6-9-17-15(4)20(23)13(2)14(3)21(17)24;1-12-8-9-16-11-17(22-19(16)10-12)6-5-7-18-15(4)20(23)13(2)14(3)21(18)24;1-11-8-9-17-16(10-11)21-18(24-17)7-5-6-15-14(4)19(22)12(2)13(3)20(15)23;2*1-11-8-9-16-17(10-11)24-18(21-16)7-5-6-15-14(4)19(22)12(2)13(3)20(15)23;1-11-8-9-17-16(10-11)21-18(24-17)7-5-6-15-14(4)19(22)12(2)13(3)20(15)23/h5,7,10H,6,8-9,11H2,1-4H3;8-10H,5-7,11H2,1-4H3;4*8-10H,5-7H2,1-4H3. The van der Waals surface area contributed by atoms with Crippen LogP contribution in [0.2, 0.25) is 0 Å². The number of fused-ring (bicyclic) bond motifs is 6. The Bertz CT molecular complexity index is 7020. The number of oxazole rings is 3. The number of allylic oxidation sites excluding steroid dienone is 24. The number of nitrogens with zero attached hydrogens (tertiary/aromatic N) is 6. The largest absolute Gasteiger partial charge is 0.441 e. The van der Waals surface area contributed by atoms with Crippen LogP contribution in [0.4, 0.5) is 11.4 Å². The van der Waals surface area contributed by atoms with E-state index in [-0.39, 0.29) is 69.4 Å². The fourth-order valence-electron chi connectivity index (χ4n) is 19.2. The molecule has 0 bridgehead atoms. The average molecular weight is 1950 g/mol. The number of hydrogen-bond donors (Lipinski definition) is 0. The van der Waals surface area contributed by atoms with Crippen LogP contribution in [0.15, 0.2) is 266 Å². The van der Waals surface area contributed by atoms with E-state index in [0.29, 0.717) is 209 Å². The molecule has 0 spiro atoms. The Kier molecular flexibility index (Phi) is 34.3. The lowest BCUT2D eigenvalue weighted by molar-refractivity contribution is -0.116. The molecule has 22 heteroatoms. The molecule has 0 radical (unpaired) electrons. The first-order valence-electron chi connectivity index (χ1n) is 49.9. The molecular weight excluding hydrogens is 1820 g/mol. The van der Waals surface area contributed by atoms with Crippen molar-refractivity contribution >= 4 is 147 Å². The summed E-state index contributed by atoms with van der Waals surface area (Å²) in [6, 6.07) is 36.7. The summed E-state index contributed by atoms with van der Waals surface area (Å²) in [5.41, 5.74) is 34.7. The Hall–Kier alpha value is -14.1. The summed E-state index contributed by atoms with van der Waals surface area (Å²) in [7, 11) is 0. The number of rotatable bonds is 24. The van der Waals surface area contributed by atoms with E-state index < -0.39 is 0 Å². The van der Waals surface area contributed by atoms with E-state index in [4.69, 9.17) is 23.2 Å². The van der Waals surface area contributed by atoms with Gasteiger partial charge in [0.25, 0.3) is 0 Å². The van der Waals surface area contributed by atoms with Crippen LogP contribution in [0.5, 0.6) is 0 Å². The maximum Gasteiger partial charge on any atom is 0.195 e. The molecular formula is C122H130N6O15S. The summed E-state index contributed by atoms with van der Waals surface area (Å²) in [6.45, 7) is 43.7. The summed E-state index contributed by atoms with van der Waals surface area (Å²) >= 11 is 1.71. The van der Waals surface area contributed by atoms with Gasteiger partial charge in [-0.05, 0) is 368 Å². The molecule has 0 N–H and O–H groups in total. The van der Waals surface area contributed by atoms with Crippen molar-refractivity contribution in [3.63, 3.8) is 0 Å². The van der Waals surface area contributed by atoms with Gasteiger partial charge in [-0.3, -0.25) is 67.5 Å². The third kappa shape index (κ3) is 24.0. The van der Waals surface area contributed by atoms with Gasteiger partial charge in [-0.1, -0.05) is 48.5 Å². The molecule has 6 aromatic carbocycles. The van der Waals surface area contributed by atoms with Crippen LogP contribution in [0, 0.1) is 41.5 Å². The van der Waals surface area contributed by atoms with Crippen molar-refractivity contribution in [1.82, 2.24) is 19.9 Å². The van der Waals surface area contributed by atoms with Crippen molar-refractivity contribution in [3.8, 4) is 0 Å². The highest BCUT2D eigenvalue weighted by Gasteiger charge is 2.35. The Morgan fingerprint density at radius 3 is 0.924 bits per heavy atom. The highest BCUT2D eigenvalue weighted by atomic mass is 32.1. The number of aromatic nitrogens is 4. The van der Waals surface area contributed by atoms with Crippen LogP contribution < -0.4 is 0 Å². The van der Waals surface area contributed by atoms with Crippen LogP contribution in [0.3, 0.4) is 0 Å². The van der Waals surface area contributed by atoms with Crippen LogP contribution in [-0.4, -0.2) is 101 Å². The van der Waals surface area contributed by atoms with E-state index in [0.717, 1.165) is 143 Å². The van der Waals surface area contributed by atoms with Gasteiger partial charge in [-0.15, -0.1) is 11.3 Å². The molecule has 0 atom stereocenters. The zero-order chi connectivity index (χ0) is 105. The summed E-state index contributed by atoms with van der Waals surface area (Å²) < 4.78 is 18.5. The zero-order valence-corrected chi connectivity index (χ0v) is 88.6. The van der Waals surface area contributed by atoms with E-state index in [2.05, 4.69) is 89.2 Å². The first kappa shape index (κ1) is 107. The minimum absolute atomic E-state index is 0.00205. The second kappa shape index (κ2) is 46.1. The lowest BCUT2D eigenvalue weighted by atomic mass is 9.83. The molecule has 0 fully saturated rings. The zero-order valence-electron chi connectivity index (χ0n) is 87.7. The minimum atomic E-state index is -0.0144. The smallest absolute Gasteiger partial charge is 0.195 e. The number of hydrogen-bond acceptors (Lipinski definition) is 22. The van der Waals surface area contributed by atoms with Gasteiger partial charge in [0.1, 0.15) is 16.6 Å². The quantitative estimate of drug-likeness (QED) is 0.0507. The van der Waals surface area contributed by atoms with Gasteiger partial charge in [0.15, 0.2) is 104 Å². The second-order valence-electron chi connectivity index (χ2n) is 39.4. The Morgan fingerprint density at radius 2 is 0.542 bits per heavy atom. The van der Waals surface area contributed by atoms with Gasteiger partial charge in [-0.25, -0.2) is 19.9 Å². The predicted octanol–water partition coefficient (Wildman–Crippen LogP) is 26.7. The molecule has 6 heterocycles. The number of aliphatic imine (C=N–C) groups is 2. The molecule has 21 nitrogen and oxygen atoms in total. The Labute approximate surface area is 847 Å². The fraction of sp³-hybridized carbons (Fsp3) is 0.361. The first-order chi connectivity index (χ1) is 68.3. The van der Waals surface area contributed by atoms with Gasteiger partial charge in [0.05, 0.1) is 26.6 Å². The molecule has 10 aromatic rings. The van der Waals surface area contributed by atoms with Crippen LogP contribution in [0.25, 0.3) is 43.5 Å². The van der Waals surface area contributed by atoms with Crippen molar-refractivity contribution in [2.24, 2.45) is 9.98 Å². The number of carbonyl (C=O) groups excluding carboxylic acids is 12. The molecule has 0 saturated carbocycles. The SMILES string of the molecule is CC1=C(C)C(=O)C(CCCC2=Nc3cc(C)ccc3C2)=C(C)C1=O.CC1=C(C)C(=O)C(CCCC2=Nc3cccc(C)c3C2)=C(C)C1=O.CC1=C(C)C(=O)C(CCCc2nc3cc(C)ccc3o2)=C(C)C1=O.CC1=C(C)C(=O)C(CCCc2nc3cc(C)ccc3s2)=C(C)C1=O.CC1=C(C)C(=O)C(CCCc2nc3ccc(C)cc3o2)=C(C)C1=O.CC1=C(C)C(=O)C(CCCc2nc3ccc(C)cc3o2)=C(C)C1=O. The number of ketones is 12. The topological polar surface area (TPSA) is 321 Å². The van der Waals surface area contributed by atoms with Crippen molar-refractivity contribution in [2.75, 3.05) is 0 Å². The van der Waals surface area contributed by atoms with Gasteiger partial charge in [0.2, 0.25) is 0 Å². The molecule has 8 aliphatic rings. The third-order valence-electron chi connectivity index (χ3n) is 29.2. The lowest BCUT2D eigenvalue weighted by Gasteiger charge is -2.18. The Morgan fingerprint density at radius 1 is 0.243 bits per heavy atom. The molecule has 0 saturated heterocycles. The van der Waals surface area contributed by atoms with Crippen molar-refractivity contribution in [3.05, 3.63) is 310 Å². The average Bonchev–Trinajstić information content (AvgIpc) is 1.28. The lowest BCUT2D eigenvalue weighted by Crippen LogP contribution is -2.20. The second-order valence-corrected chi connectivity index (χ2v) is 40.5. The van der Waals surface area contributed by atoms with Crippen LogP contribution >= 0.6 is 11.3 Å². The minimum Gasteiger partial charge on any atom is -0.441 e. The Balaban J connectivity index is 0.000000145. The molecule has 144 heavy (non-hydrogen) atoms. The number of thiazole rings is 1. The summed E-state index contributed by atoms with van der Waals surface area (Å²) in [4.78, 5) is 175. The van der Waals surface area contributed by atoms with E-state index in [9.17, 15) is 57.5 Å². The number of benzene rings is 6. The maximum absolute atomic E-state index is 12.4. The van der Waals surface area contributed by atoms with Crippen molar-refractivity contribution in [2.45, 2.75) is 295 Å². The van der Waals surface area contributed by atoms with Gasteiger partial charge in [-0.2, -0.15) is 0 Å². The monoisotopic (exact) mass is 1950 g/mol. The molecule has 6 aliphatic carbocycles. The van der Waals surface area contributed by atoms with E-state index in [1.54, 1.807) is 136 Å². The number of aryl methyl sites for hydroxylation is 10. The normalized spacial score (nSPS) is 16.4. The summed E-state index contributed by atoms with van der Waals surface area (Å²) in [5, 5.41) is 1.09. The maximum atomic E-state index is 12.4. The van der Waals surface area contributed by atoms with Gasteiger partial charge >= 0.3 is 0 Å². The van der Waals surface area contributed by atoms with Crippen molar-refractivity contribution in [1.29, 1.82) is 0 Å². The number of Topliss-reactive ketones (excluding diaryl/α,β-unsaturated/α-hetero) is 12. The molecule has 2 aliphatic heterocycles. The van der Waals surface area contributed by atoms with Gasteiger partial charge in [0, 0.05) is 177 Å². The van der Waals surface area contributed by atoms with Crippen LogP contribution in [-0.2, 0) is 96.1 Å². The highest BCUT2D eigenvalue weighted by Crippen LogP contribution is 2.39. The van der Waals surface area contributed by atoms with E-state index in [1.165, 1.54) is 43.9 Å². The molecule has 18 rings (SSSR count). The number of carbonyl (C=O) groups is 12.